The Hall–Kier alpha value is -2.65. The molecule has 0 saturated heterocycles. The van der Waals surface area contributed by atoms with Gasteiger partial charge in [0, 0.05) is 37.3 Å². The Morgan fingerprint density at radius 3 is 1.06 bits per heavy atom. The van der Waals surface area contributed by atoms with Crippen LogP contribution in [-0.4, -0.2) is 73.3 Å². The summed E-state index contributed by atoms with van der Waals surface area (Å²) in [6.07, 6.45) is -1.46. The van der Waals surface area contributed by atoms with E-state index in [0.29, 0.717) is 24.2 Å². The van der Waals surface area contributed by atoms with Crippen molar-refractivity contribution in [3.8, 4) is 23.0 Å². The summed E-state index contributed by atoms with van der Waals surface area (Å²) < 4.78 is 31.6. The van der Waals surface area contributed by atoms with Gasteiger partial charge in [0.15, 0.2) is 0 Å². The minimum absolute atomic E-state index is 0.0476. The molecule has 0 amide bonds. The summed E-state index contributed by atoms with van der Waals surface area (Å²) in [5.41, 5.74) is 1.00. The van der Waals surface area contributed by atoms with E-state index in [0.717, 1.165) is 0 Å². The Morgan fingerprint density at radius 2 is 0.857 bits per heavy atom. The average molecular weight is 521 g/mol. The van der Waals surface area contributed by atoms with Gasteiger partial charge in [-0.3, -0.25) is 9.11 Å². The lowest BCUT2D eigenvalue weighted by atomic mass is 10.1. The zero-order chi connectivity index (χ0) is 27.3. The quantitative estimate of drug-likeness (QED) is 0.224. The number of benzene rings is 2. The van der Waals surface area contributed by atoms with Gasteiger partial charge in [0.1, 0.15) is 23.0 Å². The van der Waals surface area contributed by atoms with Crippen molar-refractivity contribution in [2.75, 3.05) is 13.1 Å². The molecule has 0 heterocycles. The average Bonchev–Trinajstić information content (AvgIpc) is 2.68. The van der Waals surface area contributed by atoms with Crippen molar-refractivity contribution in [2.24, 2.45) is 0 Å². The fourth-order valence-electron chi connectivity index (χ4n) is 2.55. The van der Waals surface area contributed by atoms with Crippen molar-refractivity contribution in [1.29, 1.82) is 0 Å². The number of phenolic OH excluding ortho intramolecular Hbond substituents is 4. The first-order valence-electron chi connectivity index (χ1n) is 10.6. The standard InChI is InChI=1S/2C11H17NO3.H2O4S/c2*1-7(2)12-6-11(15)8-3-9(13)5-10(14)4-8;1-5(2,3)4/h2*3-5,7,11-15H,6H2,1-2H3;(H2,1,2,3,4)/t2*11-;/m11./s1. The topological polar surface area (TPSA) is 220 Å². The largest absolute Gasteiger partial charge is 0.508 e. The Labute approximate surface area is 205 Å². The van der Waals surface area contributed by atoms with E-state index in [9.17, 15) is 30.6 Å². The molecule has 2 aromatic rings. The number of phenols is 4. The van der Waals surface area contributed by atoms with Crippen molar-refractivity contribution in [1.82, 2.24) is 10.6 Å². The number of aromatic hydroxyl groups is 4. The van der Waals surface area contributed by atoms with Crippen LogP contribution in [0.3, 0.4) is 0 Å². The maximum absolute atomic E-state index is 9.73. The molecule has 12 nitrogen and oxygen atoms in total. The summed E-state index contributed by atoms with van der Waals surface area (Å²) in [6.45, 7) is 8.69. The predicted octanol–water partition coefficient (Wildman–Crippen LogP) is 1.61. The van der Waals surface area contributed by atoms with Gasteiger partial charge in [0.2, 0.25) is 0 Å². The summed E-state index contributed by atoms with van der Waals surface area (Å²) in [6, 6.07) is 8.77. The first kappa shape index (κ1) is 32.4. The highest BCUT2D eigenvalue weighted by molar-refractivity contribution is 7.79. The second kappa shape index (κ2) is 15.4. The van der Waals surface area contributed by atoms with E-state index in [-0.39, 0.29) is 35.1 Å². The molecule has 0 fully saturated rings. The third-order valence-corrected chi connectivity index (χ3v) is 4.06. The number of hydrogen-bond acceptors (Lipinski definition) is 10. The van der Waals surface area contributed by atoms with Gasteiger partial charge in [-0.05, 0) is 35.4 Å². The van der Waals surface area contributed by atoms with Gasteiger partial charge >= 0.3 is 10.4 Å². The van der Waals surface area contributed by atoms with Gasteiger partial charge in [-0.1, -0.05) is 27.7 Å². The number of rotatable bonds is 8. The van der Waals surface area contributed by atoms with Crippen LogP contribution in [0.1, 0.15) is 51.0 Å². The van der Waals surface area contributed by atoms with Crippen LogP contribution in [0.15, 0.2) is 36.4 Å². The predicted molar refractivity (Wildman–Crippen MR) is 130 cm³/mol. The fourth-order valence-corrected chi connectivity index (χ4v) is 2.55. The van der Waals surface area contributed by atoms with Crippen LogP contribution in [0.25, 0.3) is 0 Å². The highest BCUT2D eigenvalue weighted by atomic mass is 32.3. The SMILES string of the molecule is CC(C)NC[C@@H](O)c1cc(O)cc(O)c1.CC(C)NC[C@@H](O)c1cc(O)cc(O)c1.O=S(=O)(O)O. The van der Waals surface area contributed by atoms with Gasteiger partial charge < -0.3 is 41.3 Å². The van der Waals surface area contributed by atoms with Gasteiger partial charge in [-0.25, -0.2) is 0 Å². The molecular formula is C22H36N2O10S. The first-order valence-corrected chi connectivity index (χ1v) is 12.0. The monoisotopic (exact) mass is 520 g/mol. The second-order valence-corrected chi connectivity index (χ2v) is 9.07. The van der Waals surface area contributed by atoms with Crippen LogP contribution in [0, 0.1) is 0 Å². The van der Waals surface area contributed by atoms with E-state index >= 15 is 0 Å². The molecule has 10 N–H and O–H groups in total. The zero-order valence-corrected chi connectivity index (χ0v) is 20.8. The third-order valence-electron chi connectivity index (χ3n) is 4.06. The van der Waals surface area contributed by atoms with Gasteiger partial charge in [0.05, 0.1) is 12.2 Å². The van der Waals surface area contributed by atoms with E-state index in [2.05, 4.69) is 10.6 Å². The second-order valence-electron chi connectivity index (χ2n) is 8.17. The first-order chi connectivity index (χ1) is 16.0. The fraction of sp³-hybridized carbons (Fsp3) is 0.455. The summed E-state index contributed by atoms with van der Waals surface area (Å²) in [4.78, 5) is 0. The molecule has 2 aromatic carbocycles. The summed E-state index contributed by atoms with van der Waals surface area (Å²) >= 11 is 0. The number of aliphatic hydroxyl groups is 2. The Kier molecular flexibility index (Phi) is 14.2. The van der Waals surface area contributed by atoms with Gasteiger partial charge in [-0.2, -0.15) is 8.42 Å². The summed E-state index contributed by atoms with van der Waals surface area (Å²) in [5, 5.41) is 62.5. The van der Waals surface area contributed by atoms with E-state index < -0.39 is 22.6 Å². The van der Waals surface area contributed by atoms with Crippen molar-refractivity contribution in [3.63, 3.8) is 0 Å². The molecule has 0 aromatic heterocycles. The number of hydrogen-bond donors (Lipinski definition) is 10. The molecule has 2 atom stereocenters. The lowest BCUT2D eigenvalue weighted by Gasteiger charge is -2.14. The zero-order valence-electron chi connectivity index (χ0n) is 20.0. The van der Waals surface area contributed by atoms with Crippen LogP contribution in [0.4, 0.5) is 0 Å². The molecule has 0 aliphatic heterocycles. The molecule has 2 rings (SSSR count). The molecule has 0 spiro atoms. The Balaban J connectivity index is 0.000000555. The Bertz CT molecular complexity index is 886. The molecule has 0 aliphatic carbocycles. The van der Waals surface area contributed by atoms with E-state index in [1.165, 1.54) is 36.4 Å². The maximum Gasteiger partial charge on any atom is 0.394 e. The highest BCUT2D eigenvalue weighted by Crippen LogP contribution is 2.25. The van der Waals surface area contributed by atoms with Crippen molar-refractivity contribution in [3.05, 3.63) is 47.5 Å². The van der Waals surface area contributed by atoms with Crippen molar-refractivity contribution < 1.29 is 48.2 Å². The van der Waals surface area contributed by atoms with Crippen LogP contribution < -0.4 is 10.6 Å². The third kappa shape index (κ3) is 17.4. The molecule has 13 heteroatoms. The summed E-state index contributed by atoms with van der Waals surface area (Å²) in [7, 11) is -4.67. The Morgan fingerprint density at radius 1 is 0.629 bits per heavy atom. The minimum atomic E-state index is -4.67. The summed E-state index contributed by atoms with van der Waals surface area (Å²) in [5.74, 6) is -0.190. The van der Waals surface area contributed by atoms with Gasteiger partial charge in [-0.15, -0.1) is 0 Å². The van der Waals surface area contributed by atoms with Crippen molar-refractivity contribution in [2.45, 2.75) is 52.0 Å². The van der Waals surface area contributed by atoms with E-state index in [1.54, 1.807) is 0 Å². The molecule has 0 unspecified atom stereocenters. The molecule has 0 bridgehead atoms. The lowest BCUT2D eigenvalue weighted by molar-refractivity contribution is 0.170. The van der Waals surface area contributed by atoms with Crippen LogP contribution in [0.5, 0.6) is 23.0 Å². The van der Waals surface area contributed by atoms with Crippen LogP contribution in [-0.2, 0) is 10.4 Å². The highest BCUT2D eigenvalue weighted by Gasteiger charge is 2.11. The smallest absolute Gasteiger partial charge is 0.394 e. The molecular weight excluding hydrogens is 484 g/mol. The van der Waals surface area contributed by atoms with E-state index in [1.807, 2.05) is 27.7 Å². The van der Waals surface area contributed by atoms with Gasteiger partial charge in [0.25, 0.3) is 0 Å². The van der Waals surface area contributed by atoms with Crippen LogP contribution >= 0.6 is 0 Å². The molecule has 35 heavy (non-hydrogen) atoms. The molecule has 0 radical (unpaired) electrons. The lowest BCUT2D eigenvalue weighted by Crippen LogP contribution is -2.27. The van der Waals surface area contributed by atoms with Crippen molar-refractivity contribution >= 4 is 10.4 Å². The maximum atomic E-state index is 9.73. The molecule has 200 valence electrons. The molecule has 0 aliphatic rings. The normalized spacial score (nSPS) is 12.9. The van der Waals surface area contributed by atoms with Crippen LogP contribution in [0.2, 0.25) is 0 Å². The minimum Gasteiger partial charge on any atom is -0.508 e. The molecule has 0 saturated carbocycles. The number of aliphatic hydroxyl groups excluding tert-OH is 2. The number of nitrogens with one attached hydrogen (secondary N) is 2. The van der Waals surface area contributed by atoms with E-state index in [4.69, 9.17) is 17.5 Å².